The molecule has 2 amide bonds. The SMILES string of the molecule is O=C(CNC(=O)c1ccc(C(F)(F)F)cc1)NC1CC1. The molecule has 1 aliphatic carbocycles. The van der Waals surface area contributed by atoms with Crippen LogP contribution in [0.5, 0.6) is 0 Å². The van der Waals surface area contributed by atoms with Crippen molar-refractivity contribution in [1.29, 1.82) is 0 Å². The van der Waals surface area contributed by atoms with Crippen LogP contribution >= 0.6 is 0 Å². The van der Waals surface area contributed by atoms with Crippen LogP contribution in [-0.4, -0.2) is 24.4 Å². The van der Waals surface area contributed by atoms with E-state index in [9.17, 15) is 22.8 Å². The number of carbonyl (C=O) groups is 2. The molecular weight excluding hydrogens is 273 g/mol. The summed E-state index contributed by atoms with van der Waals surface area (Å²) in [6, 6.07) is 4.03. The normalized spacial score (nSPS) is 14.8. The van der Waals surface area contributed by atoms with Crippen LogP contribution in [0, 0.1) is 0 Å². The third-order valence-electron chi connectivity index (χ3n) is 2.83. The number of rotatable bonds is 4. The predicted octanol–water partition coefficient (Wildman–Crippen LogP) is 1.71. The van der Waals surface area contributed by atoms with Crippen LogP contribution in [0.2, 0.25) is 0 Å². The molecule has 0 aromatic heterocycles. The van der Waals surface area contributed by atoms with E-state index in [4.69, 9.17) is 0 Å². The molecule has 20 heavy (non-hydrogen) atoms. The third kappa shape index (κ3) is 3.97. The molecule has 1 fully saturated rings. The number of nitrogens with one attached hydrogen (secondary N) is 2. The quantitative estimate of drug-likeness (QED) is 0.885. The number of hydrogen-bond donors (Lipinski definition) is 2. The van der Waals surface area contributed by atoms with E-state index in [1.54, 1.807) is 0 Å². The molecule has 108 valence electrons. The fraction of sp³-hybridized carbons (Fsp3) is 0.385. The van der Waals surface area contributed by atoms with Gasteiger partial charge in [0.25, 0.3) is 5.91 Å². The van der Waals surface area contributed by atoms with E-state index in [1.165, 1.54) is 0 Å². The third-order valence-corrected chi connectivity index (χ3v) is 2.83. The molecule has 2 N–H and O–H groups in total. The van der Waals surface area contributed by atoms with E-state index in [0.717, 1.165) is 37.1 Å². The molecule has 0 saturated heterocycles. The van der Waals surface area contributed by atoms with Gasteiger partial charge in [-0.1, -0.05) is 0 Å². The Morgan fingerprint density at radius 2 is 1.75 bits per heavy atom. The number of hydrogen-bond acceptors (Lipinski definition) is 2. The highest BCUT2D eigenvalue weighted by molar-refractivity contribution is 5.96. The van der Waals surface area contributed by atoms with Crippen molar-refractivity contribution in [3.05, 3.63) is 35.4 Å². The summed E-state index contributed by atoms with van der Waals surface area (Å²) in [7, 11) is 0. The minimum Gasteiger partial charge on any atom is -0.352 e. The Bertz CT molecular complexity index is 507. The van der Waals surface area contributed by atoms with Crippen LogP contribution in [0.3, 0.4) is 0 Å². The van der Waals surface area contributed by atoms with Gasteiger partial charge >= 0.3 is 6.18 Å². The molecule has 4 nitrogen and oxygen atoms in total. The summed E-state index contributed by atoms with van der Waals surface area (Å²) in [5.41, 5.74) is -0.738. The van der Waals surface area contributed by atoms with Gasteiger partial charge < -0.3 is 10.6 Å². The average Bonchev–Trinajstić information content (AvgIpc) is 3.19. The second-order valence-corrected chi connectivity index (χ2v) is 4.60. The summed E-state index contributed by atoms with van der Waals surface area (Å²) in [6.07, 6.45) is -2.55. The van der Waals surface area contributed by atoms with Gasteiger partial charge in [0.05, 0.1) is 12.1 Å². The molecule has 0 atom stereocenters. The van der Waals surface area contributed by atoms with Gasteiger partial charge in [0.1, 0.15) is 0 Å². The average molecular weight is 286 g/mol. The first-order valence-corrected chi connectivity index (χ1v) is 6.11. The van der Waals surface area contributed by atoms with Crippen molar-refractivity contribution in [2.45, 2.75) is 25.1 Å². The van der Waals surface area contributed by atoms with Crippen molar-refractivity contribution in [1.82, 2.24) is 10.6 Å². The highest BCUT2D eigenvalue weighted by Gasteiger charge is 2.30. The van der Waals surface area contributed by atoms with Gasteiger partial charge in [0.2, 0.25) is 5.91 Å². The molecule has 1 aromatic rings. The maximum atomic E-state index is 12.3. The van der Waals surface area contributed by atoms with E-state index in [0.29, 0.717) is 0 Å². The molecule has 0 bridgehead atoms. The summed E-state index contributed by atoms with van der Waals surface area (Å²) >= 11 is 0. The first-order valence-electron chi connectivity index (χ1n) is 6.11. The van der Waals surface area contributed by atoms with E-state index in [-0.39, 0.29) is 24.1 Å². The molecule has 0 aliphatic heterocycles. The van der Waals surface area contributed by atoms with Crippen molar-refractivity contribution in [2.75, 3.05) is 6.54 Å². The minimum absolute atomic E-state index is 0.0808. The molecular formula is C13H13F3N2O2. The molecule has 1 saturated carbocycles. The van der Waals surface area contributed by atoms with Crippen LogP contribution < -0.4 is 10.6 Å². The lowest BCUT2D eigenvalue weighted by atomic mass is 10.1. The molecule has 1 aromatic carbocycles. The fourth-order valence-electron chi connectivity index (χ4n) is 1.58. The van der Waals surface area contributed by atoms with Crippen LogP contribution in [0.15, 0.2) is 24.3 Å². The van der Waals surface area contributed by atoms with Crippen LogP contribution in [0.1, 0.15) is 28.8 Å². The first kappa shape index (κ1) is 14.4. The Morgan fingerprint density at radius 3 is 2.25 bits per heavy atom. The Morgan fingerprint density at radius 1 is 1.15 bits per heavy atom. The molecule has 1 aliphatic rings. The second kappa shape index (κ2) is 5.52. The lowest BCUT2D eigenvalue weighted by Crippen LogP contribution is -2.37. The number of halogens is 3. The first-order chi connectivity index (χ1) is 9.36. The van der Waals surface area contributed by atoms with Gasteiger partial charge in [-0.3, -0.25) is 9.59 Å². The van der Waals surface area contributed by atoms with Crippen molar-refractivity contribution >= 4 is 11.8 Å². The lowest BCUT2D eigenvalue weighted by Gasteiger charge is -2.08. The molecule has 2 rings (SSSR count). The predicted molar refractivity (Wildman–Crippen MR) is 64.9 cm³/mol. The number of alkyl halides is 3. The van der Waals surface area contributed by atoms with E-state index in [2.05, 4.69) is 10.6 Å². The highest BCUT2D eigenvalue weighted by Crippen LogP contribution is 2.29. The molecule has 0 radical (unpaired) electrons. The fourth-order valence-corrected chi connectivity index (χ4v) is 1.58. The highest BCUT2D eigenvalue weighted by atomic mass is 19.4. The number of amides is 2. The van der Waals surface area contributed by atoms with Gasteiger partial charge in [0, 0.05) is 11.6 Å². The summed E-state index contributed by atoms with van der Waals surface area (Å²) in [5.74, 6) is -0.877. The minimum atomic E-state index is -4.43. The molecule has 7 heteroatoms. The Balaban J connectivity index is 1.87. The smallest absolute Gasteiger partial charge is 0.352 e. The molecule has 0 spiro atoms. The van der Waals surface area contributed by atoms with E-state index in [1.807, 2.05) is 0 Å². The van der Waals surface area contributed by atoms with E-state index >= 15 is 0 Å². The number of benzene rings is 1. The van der Waals surface area contributed by atoms with Gasteiger partial charge in [-0.05, 0) is 37.1 Å². The van der Waals surface area contributed by atoms with Gasteiger partial charge in [-0.2, -0.15) is 13.2 Å². The summed E-state index contributed by atoms with van der Waals surface area (Å²) in [4.78, 5) is 23.0. The Hall–Kier alpha value is -2.05. The zero-order chi connectivity index (χ0) is 14.8. The van der Waals surface area contributed by atoms with Crippen LogP contribution in [-0.2, 0) is 11.0 Å². The maximum Gasteiger partial charge on any atom is 0.416 e. The van der Waals surface area contributed by atoms with Crippen molar-refractivity contribution < 1.29 is 22.8 Å². The van der Waals surface area contributed by atoms with Crippen molar-refractivity contribution in [2.24, 2.45) is 0 Å². The van der Waals surface area contributed by atoms with Crippen molar-refractivity contribution in [3.8, 4) is 0 Å². The summed E-state index contributed by atoms with van der Waals surface area (Å²) in [6.45, 7) is -0.184. The van der Waals surface area contributed by atoms with Gasteiger partial charge in [-0.25, -0.2) is 0 Å². The van der Waals surface area contributed by atoms with Gasteiger partial charge in [-0.15, -0.1) is 0 Å². The zero-order valence-corrected chi connectivity index (χ0v) is 10.5. The maximum absolute atomic E-state index is 12.3. The summed E-state index contributed by atoms with van der Waals surface area (Å²) in [5, 5.41) is 5.05. The van der Waals surface area contributed by atoms with Crippen LogP contribution in [0.25, 0.3) is 0 Å². The Labute approximate surface area is 113 Å². The largest absolute Gasteiger partial charge is 0.416 e. The number of carbonyl (C=O) groups excluding carboxylic acids is 2. The van der Waals surface area contributed by atoms with Gasteiger partial charge in [0.15, 0.2) is 0 Å². The standard InChI is InChI=1S/C13H13F3N2O2/c14-13(15,16)9-3-1-8(2-4-9)12(20)17-7-11(19)18-10-5-6-10/h1-4,10H,5-7H2,(H,17,20)(H,18,19). The van der Waals surface area contributed by atoms with E-state index < -0.39 is 17.6 Å². The second-order valence-electron chi connectivity index (χ2n) is 4.60. The van der Waals surface area contributed by atoms with Crippen LogP contribution in [0.4, 0.5) is 13.2 Å². The van der Waals surface area contributed by atoms with Crippen molar-refractivity contribution in [3.63, 3.8) is 0 Å². The lowest BCUT2D eigenvalue weighted by molar-refractivity contribution is -0.137. The zero-order valence-electron chi connectivity index (χ0n) is 10.5. The monoisotopic (exact) mass is 286 g/mol. The summed E-state index contributed by atoms with van der Waals surface area (Å²) < 4.78 is 37.0. The molecule has 0 heterocycles. The topological polar surface area (TPSA) is 58.2 Å². The molecule has 0 unspecified atom stereocenters. The Kier molecular flexibility index (Phi) is 3.96.